The number of benzene rings is 3. The lowest BCUT2D eigenvalue weighted by Crippen LogP contribution is -2.36. The summed E-state index contributed by atoms with van der Waals surface area (Å²) in [5.41, 5.74) is 7.25. The van der Waals surface area contributed by atoms with Crippen LogP contribution in [0.15, 0.2) is 70.4 Å². The average Bonchev–Trinajstić information content (AvgIpc) is 3.06. The van der Waals surface area contributed by atoms with Crippen molar-refractivity contribution in [1.82, 2.24) is 19.6 Å². The Labute approximate surface area is 277 Å². The summed E-state index contributed by atoms with van der Waals surface area (Å²) in [7, 11) is -2.84. The van der Waals surface area contributed by atoms with Crippen LogP contribution in [0.5, 0.6) is 0 Å². The molecule has 48 heavy (non-hydrogen) atoms. The van der Waals surface area contributed by atoms with E-state index < -0.39 is 46.3 Å². The molecule has 4 rings (SSSR count). The lowest BCUT2D eigenvalue weighted by molar-refractivity contribution is -0.145. The first-order chi connectivity index (χ1) is 22.9. The van der Waals surface area contributed by atoms with E-state index in [0.717, 1.165) is 10.1 Å². The molecule has 1 amide bonds. The van der Waals surface area contributed by atoms with Gasteiger partial charge in [0, 0.05) is 0 Å². The zero-order valence-corrected chi connectivity index (χ0v) is 27.8. The third-order valence-electron chi connectivity index (χ3n) is 7.37. The average molecular weight is 680 g/mol. The third kappa shape index (κ3) is 8.05. The van der Waals surface area contributed by atoms with Crippen LogP contribution >= 0.6 is 0 Å². The number of carbonyl (C=O) groups excluding carboxylic acids is 3. The molecular weight excluding hydrogens is 642 g/mol. The molecule has 0 unspecified atom stereocenters. The minimum Gasteiger partial charge on any atom is -0.463 e. The molecule has 1 heterocycles. The van der Waals surface area contributed by atoms with Crippen LogP contribution in [0.25, 0.3) is 16.6 Å². The highest BCUT2D eigenvalue weighted by Crippen LogP contribution is 2.26. The number of para-hydroxylation sites is 1. The number of rotatable bonds is 13. The van der Waals surface area contributed by atoms with Gasteiger partial charge in [0.25, 0.3) is 5.56 Å². The van der Waals surface area contributed by atoms with Crippen LogP contribution < -0.4 is 21.3 Å². The number of alkyl carbamates (subject to hydrolysis) is 1. The number of aromatic nitrogens is 2. The Morgan fingerprint density at radius 3 is 2.38 bits per heavy atom. The smallest absolute Gasteiger partial charge is 0.407 e. The number of hydrogen-bond acceptors (Lipinski definition) is 11. The first-order valence-corrected chi connectivity index (χ1v) is 16.5. The fourth-order valence-corrected chi connectivity index (χ4v) is 6.04. The second-order valence-electron chi connectivity index (χ2n) is 10.6. The molecule has 0 aliphatic heterocycles. The summed E-state index contributed by atoms with van der Waals surface area (Å²) in [4.78, 5) is 56.2. The lowest BCUT2D eigenvalue weighted by atomic mass is 9.98. The normalized spacial score (nSPS) is 11.9. The summed E-state index contributed by atoms with van der Waals surface area (Å²) in [5, 5.41) is 2.51. The van der Waals surface area contributed by atoms with Gasteiger partial charge in [-0.1, -0.05) is 42.5 Å². The molecule has 1 atom stereocenters. The van der Waals surface area contributed by atoms with E-state index in [-0.39, 0.29) is 59.1 Å². The van der Waals surface area contributed by atoms with Gasteiger partial charge in [-0.2, -0.15) is 0 Å². The predicted octanol–water partition coefficient (Wildman–Crippen LogP) is 2.43. The van der Waals surface area contributed by atoms with Crippen LogP contribution in [-0.4, -0.2) is 68.8 Å². The zero-order chi connectivity index (χ0) is 35.0. The molecule has 0 aliphatic rings. The quantitative estimate of drug-likeness (QED) is 0.107. The molecule has 0 spiro atoms. The SMILES string of the molecule is CCOC(=O)c1c(C)cc2nc(COC(=O)NCCOC(=O)[C@@H](N)Cc3ccccc3)n(-c3ccccc3S(=O)(=O)NC)c(=O)c2c1C. The summed E-state index contributed by atoms with van der Waals surface area (Å²) in [6.45, 7) is 4.21. The molecule has 15 heteroatoms. The second-order valence-corrected chi connectivity index (χ2v) is 12.5. The van der Waals surface area contributed by atoms with E-state index in [0.29, 0.717) is 11.1 Å². The number of carbonyl (C=O) groups is 3. The summed E-state index contributed by atoms with van der Waals surface area (Å²) >= 11 is 0. The van der Waals surface area contributed by atoms with Gasteiger partial charge in [0.2, 0.25) is 10.0 Å². The molecule has 0 bridgehead atoms. The van der Waals surface area contributed by atoms with Gasteiger partial charge in [0.05, 0.1) is 35.3 Å². The fraction of sp³-hybridized carbons (Fsp3) is 0.303. The van der Waals surface area contributed by atoms with Crippen LogP contribution in [0.4, 0.5) is 4.79 Å². The van der Waals surface area contributed by atoms with Gasteiger partial charge in [-0.25, -0.2) is 27.7 Å². The molecule has 0 saturated carbocycles. The van der Waals surface area contributed by atoms with Crippen LogP contribution in [0.3, 0.4) is 0 Å². The van der Waals surface area contributed by atoms with E-state index in [2.05, 4.69) is 15.0 Å². The van der Waals surface area contributed by atoms with Crippen molar-refractivity contribution in [3.05, 3.63) is 99.1 Å². The molecule has 14 nitrogen and oxygen atoms in total. The van der Waals surface area contributed by atoms with Crippen LogP contribution in [0.1, 0.15) is 39.8 Å². The van der Waals surface area contributed by atoms with E-state index in [4.69, 9.17) is 19.9 Å². The number of ether oxygens (including phenoxy) is 3. The van der Waals surface area contributed by atoms with Gasteiger partial charge in [0.15, 0.2) is 12.4 Å². The summed E-state index contributed by atoms with van der Waals surface area (Å²) in [6, 6.07) is 15.6. The van der Waals surface area contributed by atoms with E-state index >= 15 is 0 Å². The van der Waals surface area contributed by atoms with Gasteiger partial charge in [-0.15, -0.1) is 0 Å². The Morgan fingerprint density at radius 2 is 1.69 bits per heavy atom. The minimum atomic E-state index is -4.07. The molecule has 0 fully saturated rings. The number of hydrogen-bond donors (Lipinski definition) is 3. The fourth-order valence-electron chi connectivity index (χ4n) is 5.12. The van der Waals surface area contributed by atoms with Crippen molar-refractivity contribution in [2.24, 2.45) is 5.73 Å². The highest BCUT2D eigenvalue weighted by molar-refractivity contribution is 7.89. The number of nitrogens with zero attached hydrogens (tertiary/aromatic N) is 2. The number of nitrogens with two attached hydrogens (primary N) is 1. The second kappa shape index (κ2) is 15.6. The molecule has 4 N–H and O–H groups in total. The van der Waals surface area contributed by atoms with E-state index in [9.17, 15) is 27.6 Å². The Bertz CT molecular complexity index is 2000. The first kappa shape index (κ1) is 35.7. The molecule has 1 aromatic heterocycles. The van der Waals surface area contributed by atoms with Crippen molar-refractivity contribution in [3.8, 4) is 5.69 Å². The summed E-state index contributed by atoms with van der Waals surface area (Å²) < 4.78 is 44.9. The van der Waals surface area contributed by atoms with Gasteiger partial charge in [-0.05, 0) is 69.1 Å². The number of esters is 2. The van der Waals surface area contributed by atoms with Crippen molar-refractivity contribution < 1.29 is 37.0 Å². The van der Waals surface area contributed by atoms with E-state index in [1.54, 1.807) is 20.8 Å². The number of nitrogens with one attached hydrogen (secondary N) is 2. The van der Waals surface area contributed by atoms with Crippen molar-refractivity contribution >= 4 is 39.0 Å². The number of fused-ring (bicyclic) bond motifs is 1. The molecule has 0 saturated heterocycles. The maximum atomic E-state index is 14.2. The van der Waals surface area contributed by atoms with Crippen molar-refractivity contribution in [2.45, 2.75) is 44.7 Å². The standard InChI is InChI=1S/C33H37N5O9S/c1-5-45-32(41)28-20(2)17-24-29(21(28)3)30(39)38(25-13-9-10-14-26(25)48(43,44)35-4)27(37-24)19-47-33(42)36-15-16-46-31(40)23(34)18-22-11-7-6-8-12-22/h6-14,17,23,35H,5,15-16,18-19,34H2,1-4H3,(H,36,42)/t23-/m0/s1. The third-order valence-corrected chi connectivity index (χ3v) is 8.83. The monoisotopic (exact) mass is 679 g/mol. The highest BCUT2D eigenvalue weighted by Gasteiger charge is 2.25. The predicted molar refractivity (Wildman–Crippen MR) is 176 cm³/mol. The Balaban J connectivity index is 1.60. The molecule has 0 aliphatic carbocycles. The van der Waals surface area contributed by atoms with Gasteiger partial charge in [-0.3, -0.25) is 14.2 Å². The molecular formula is C33H37N5O9S. The van der Waals surface area contributed by atoms with Crippen LogP contribution in [0.2, 0.25) is 0 Å². The van der Waals surface area contributed by atoms with Crippen molar-refractivity contribution in [1.29, 1.82) is 0 Å². The maximum absolute atomic E-state index is 14.2. The first-order valence-electron chi connectivity index (χ1n) is 15.0. The largest absolute Gasteiger partial charge is 0.463 e. The zero-order valence-electron chi connectivity index (χ0n) is 26.9. The van der Waals surface area contributed by atoms with E-state index in [1.807, 2.05) is 30.3 Å². The number of sulfonamides is 1. The molecule has 3 aromatic carbocycles. The topological polar surface area (TPSA) is 198 Å². The maximum Gasteiger partial charge on any atom is 0.407 e. The highest BCUT2D eigenvalue weighted by atomic mass is 32.2. The van der Waals surface area contributed by atoms with Crippen molar-refractivity contribution in [3.63, 3.8) is 0 Å². The van der Waals surface area contributed by atoms with Crippen LogP contribution in [-0.2, 0) is 42.1 Å². The van der Waals surface area contributed by atoms with Gasteiger partial charge < -0.3 is 25.3 Å². The molecule has 4 aromatic rings. The van der Waals surface area contributed by atoms with E-state index in [1.165, 1.54) is 37.4 Å². The molecule has 0 radical (unpaired) electrons. The van der Waals surface area contributed by atoms with Crippen molar-refractivity contribution in [2.75, 3.05) is 26.8 Å². The number of amides is 1. The molecule has 254 valence electrons. The minimum absolute atomic E-state index is 0.0540. The van der Waals surface area contributed by atoms with Gasteiger partial charge in [0.1, 0.15) is 17.5 Å². The summed E-state index contributed by atoms with van der Waals surface area (Å²) in [6.07, 6.45) is -0.626. The van der Waals surface area contributed by atoms with Gasteiger partial charge >= 0.3 is 18.0 Å². The number of aryl methyl sites for hydroxylation is 2. The lowest BCUT2D eigenvalue weighted by Gasteiger charge is -2.19. The Kier molecular flexibility index (Phi) is 11.6. The Morgan fingerprint density at radius 1 is 1.00 bits per heavy atom. The summed E-state index contributed by atoms with van der Waals surface area (Å²) in [5.74, 6) is -1.35. The van der Waals surface area contributed by atoms with Crippen LogP contribution in [0, 0.1) is 13.8 Å². The Hall–Kier alpha value is -5.12.